The summed E-state index contributed by atoms with van der Waals surface area (Å²) in [6.07, 6.45) is -4.46. The van der Waals surface area contributed by atoms with Crippen LogP contribution in [0.3, 0.4) is 0 Å². The predicted molar refractivity (Wildman–Crippen MR) is 77.7 cm³/mol. The van der Waals surface area contributed by atoms with Gasteiger partial charge in [-0.2, -0.15) is 13.2 Å². The van der Waals surface area contributed by atoms with E-state index in [4.69, 9.17) is 11.6 Å². The summed E-state index contributed by atoms with van der Waals surface area (Å²) in [4.78, 5) is 16.0. The van der Waals surface area contributed by atoms with Crippen LogP contribution >= 0.6 is 11.6 Å². The molecule has 1 aliphatic heterocycles. The highest BCUT2D eigenvalue weighted by atomic mass is 35.5. The summed E-state index contributed by atoms with van der Waals surface area (Å²) < 4.78 is 38.1. The number of carbonyl (C=O) groups excluding carboxylic acids is 1. The van der Waals surface area contributed by atoms with E-state index in [1.165, 1.54) is 12.1 Å². The highest BCUT2D eigenvalue weighted by Gasteiger charge is 2.31. The molecule has 1 amide bonds. The quantitative estimate of drug-likeness (QED) is 0.828. The Morgan fingerprint density at radius 1 is 1.09 bits per heavy atom. The standard InChI is InChI=1S/C15H8ClF3N2O/c16-9-4-5-11-12(7-9)21-14(22)13(11)20-10-3-1-2-8(6-10)15(17,18)19/h1-7H,(H,20,21,22). The number of nitrogens with zero attached hydrogens (tertiary/aromatic N) is 1. The predicted octanol–water partition coefficient (Wildman–Crippen LogP) is 4.43. The fourth-order valence-corrected chi connectivity index (χ4v) is 2.29. The van der Waals surface area contributed by atoms with Crippen LogP contribution in [-0.4, -0.2) is 11.6 Å². The smallest absolute Gasteiger partial charge is 0.320 e. The molecule has 22 heavy (non-hydrogen) atoms. The van der Waals surface area contributed by atoms with Crippen LogP contribution in [0.15, 0.2) is 47.5 Å². The van der Waals surface area contributed by atoms with Crippen molar-refractivity contribution in [3.63, 3.8) is 0 Å². The van der Waals surface area contributed by atoms with Crippen molar-refractivity contribution < 1.29 is 18.0 Å². The summed E-state index contributed by atoms with van der Waals surface area (Å²) >= 11 is 5.83. The molecule has 0 saturated heterocycles. The zero-order valence-corrected chi connectivity index (χ0v) is 11.7. The first-order valence-electron chi connectivity index (χ1n) is 6.22. The number of carbonyl (C=O) groups is 1. The molecule has 0 aliphatic carbocycles. The minimum atomic E-state index is -4.46. The lowest BCUT2D eigenvalue weighted by Gasteiger charge is -2.06. The lowest BCUT2D eigenvalue weighted by atomic mass is 10.1. The molecule has 3 rings (SSSR count). The van der Waals surface area contributed by atoms with Gasteiger partial charge in [0.2, 0.25) is 0 Å². The van der Waals surface area contributed by atoms with Gasteiger partial charge in [-0.1, -0.05) is 17.7 Å². The molecule has 0 aromatic heterocycles. The maximum atomic E-state index is 12.7. The number of anilines is 1. The molecule has 0 radical (unpaired) electrons. The van der Waals surface area contributed by atoms with Crippen LogP contribution in [0.5, 0.6) is 0 Å². The summed E-state index contributed by atoms with van der Waals surface area (Å²) in [5, 5.41) is 3.02. The lowest BCUT2D eigenvalue weighted by molar-refractivity contribution is -0.137. The molecule has 0 atom stereocenters. The van der Waals surface area contributed by atoms with Gasteiger partial charge in [0.15, 0.2) is 0 Å². The molecule has 7 heteroatoms. The van der Waals surface area contributed by atoms with E-state index in [0.29, 0.717) is 16.3 Å². The molecule has 2 aromatic rings. The first-order valence-corrected chi connectivity index (χ1v) is 6.59. The molecule has 0 spiro atoms. The third-order valence-electron chi connectivity index (χ3n) is 3.11. The van der Waals surface area contributed by atoms with Crippen LogP contribution in [0.2, 0.25) is 5.02 Å². The molecular formula is C15H8ClF3N2O. The first-order chi connectivity index (χ1) is 10.3. The lowest BCUT2D eigenvalue weighted by Crippen LogP contribution is -2.14. The van der Waals surface area contributed by atoms with E-state index in [2.05, 4.69) is 10.3 Å². The Bertz CT molecular complexity index is 800. The van der Waals surface area contributed by atoms with Crippen LogP contribution in [0.25, 0.3) is 0 Å². The van der Waals surface area contributed by atoms with Gasteiger partial charge in [-0.15, -0.1) is 0 Å². The topological polar surface area (TPSA) is 41.5 Å². The van der Waals surface area contributed by atoms with Crippen molar-refractivity contribution in [1.29, 1.82) is 0 Å². The Balaban J connectivity index is 2.05. The average molecular weight is 325 g/mol. The molecular weight excluding hydrogens is 317 g/mol. The fraction of sp³-hybridized carbons (Fsp3) is 0.0667. The number of halogens is 4. The Morgan fingerprint density at radius 3 is 2.59 bits per heavy atom. The van der Waals surface area contributed by atoms with E-state index >= 15 is 0 Å². The van der Waals surface area contributed by atoms with Gasteiger partial charge in [-0.3, -0.25) is 4.79 Å². The monoisotopic (exact) mass is 324 g/mol. The van der Waals surface area contributed by atoms with Crippen LogP contribution in [0, 0.1) is 0 Å². The van der Waals surface area contributed by atoms with Crippen LogP contribution in [0.4, 0.5) is 24.5 Å². The third-order valence-corrected chi connectivity index (χ3v) is 3.35. The van der Waals surface area contributed by atoms with Crippen molar-refractivity contribution in [3.8, 4) is 0 Å². The Kier molecular flexibility index (Phi) is 3.41. The Hall–Kier alpha value is -2.34. The Labute approximate surface area is 128 Å². The van der Waals surface area contributed by atoms with Gasteiger partial charge in [0, 0.05) is 10.6 Å². The number of aliphatic imine (C=N–C) groups is 1. The molecule has 0 fully saturated rings. The molecule has 112 valence electrons. The van der Waals surface area contributed by atoms with E-state index in [-0.39, 0.29) is 11.4 Å². The van der Waals surface area contributed by atoms with Gasteiger partial charge in [-0.05, 0) is 36.4 Å². The second-order valence-corrected chi connectivity index (χ2v) is 5.09. The van der Waals surface area contributed by atoms with Crippen molar-refractivity contribution in [2.24, 2.45) is 4.99 Å². The second kappa shape index (κ2) is 5.14. The molecule has 3 nitrogen and oxygen atoms in total. The van der Waals surface area contributed by atoms with Gasteiger partial charge in [0.25, 0.3) is 5.91 Å². The third kappa shape index (κ3) is 2.69. The van der Waals surface area contributed by atoms with Crippen molar-refractivity contribution in [2.45, 2.75) is 6.18 Å². The highest BCUT2D eigenvalue weighted by molar-refractivity contribution is 6.54. The molecule has 1 aliphatic rings. The van der Waals surface area contributed by atoms with E-state index < -0.39 is 17.6 Å². The first kappa shape index (κ1) is 14.6. The van der Waals surface area contributed by atoms with E-state index in [1.807, 2.05) is 0 Å². The summed E-state index contributed by atoms with van der Waals surface area (Å²) in [7, 11) is 0. The minimum absolute atomic E-state index is 0.0581. The minimum Gasteiger partial charge on any atom is -0.320 e. The van der Waals surface area contributed by atoms with Crippen molar-refractivity contribution in [3.05, 3.63) is 58.6 Å². The summed E-state index contributed by atoms with van der Waals surface area (Å²) in [5.41, 5.74) is 0.299. The van der Waals surface area contributed by atoms with Gasteiger partial charge < -0.3 is 5.32 Å². The van der Waals surface area contributed by atoms with E-state index in [0.717, 1.165) is 12.1 Å². The van der Waals surface area contributed by atoms with Crippen molar-refractivity contribution in [1.82, 2.24) is 0 Å². The van der Waals surface area contributed by atoms with Crippen molar-refractivity contribution in [2.75, 3.05) is 5.32 Å². The summed E-state index contributed by atoms with van der Waals surface area (Å²) in [6, 6.07) is 9.25. The van der Waals surface area contributed by atoms with Gasteiger partial charge in [0.1, 0.15) is 5.71 Å². The molecule has 2 aromatic carbocycles. The van der Waals surface area contributed by atoms with Crippen LogP contribution in [-0.2, 0) is 11.0 Å². The van der Waals surface area contributed by atoms with Gasteiger partial charge >= 0.3 is 6.18 Å². The number of alkyl halides is 3. The van der Waals surface area contributed by atoms with E-state index in [9.17, 15) is 18.0 Å². The largest absolute Gasteiger partial charge is 0.416 e. The Morgan fingerprint density at radius 2 is 1.86 bits per heavy atom. The molecule has 1 heterocycles. The maximum absolute atomic E-state index is 12.7. The number of rotatable bonds is 1. The summed E-state index contributed by atoms with van der Waals surface area (Å²) in [5.74, 6) is -0.477. The van der Waals surface area contributed by atoms with Gasteiger partial charge in [0.05, 0.1) is 16.9 Å². The highest BCUT2D eigenvalue weighted by Crippen LogP contribution is 2.33. The molecule has 0 saturated carbocycles. The normalized spacial score (nSPS) is 15.8. The number of fused-ring (bicyclic) bond motifs is 1. The van der Waals surface area contributed by atoms with Gasteiger partial charge in [-0.25, -0.2) is 4.99 Å². The number of benzene rings is 2. The van der Waals surface area contributed by atoms with Crippen molar-refractivity contribution >= 4 is 34.6 Å². The molecule has 1 N–H and O–H groups in total. The maximum Gasteiger partial charge on any atom is 0.416 e. The fourth-order valence-electron chi connectivity index (χ4n) is 2.12. The summed E-state index contributed by atoms with van der Waals surface area (Å²) in [6.45, 7) is 0. The van der Waals surface area contributed by atoms with E-state index in [1.54, 1.807) is 18.2 Å². The number of nitrogens with one attached hydrogen (secondary N) is 1. The molecule has 0 bridgehead atoms. The average Bonchev–Trinajstić information content (AvgIpc) is 2.74. The zero-order chi connectivity index (χ0) is 15.9. The number of hydrogen-bond acceptors (Lipinski definition) is 2. The zero-order valence-electron chi connectivity index (χ0n) is 10.9. The SMILES string of the molecule is O=C1Nc2cc(Cl)ccc2/C1=N/c1cccc(C(F)(F)F)c1. The number of amides is 1. The van der Waals surface area contributed by atoms with Crippen LogP contribution < -0.4 is 5.32 Å². The molecule has 0 unspecified atom stereocenters. The number of hydrogen-bond donors (Lipinski definition) is 1. The second-order valence-electron chi connectivity index (χ2n) is 4.65. The van der Waals surface area contributed by atoms with Crippen LogP contribution in [0.1, 0.15) is 11.1 Å².